The molecule has 30 heavy (non-hydrogen) atoms. The highest BCUT2D eigenvalue weighted by Crippen LogP contribution is 2.29. The average Bonchev–Trinajstić information content (AvgIpc) is 3.00. The van der Waals surface area contributed by atoms with Crippen LogP contribution in [0.15, 0.2) is 58.8 Å². The van der Waals surface area contributed by atoms with Crippen molar-refractivity contribution < 1.29 is 14.4 Å². The van der Waals surface area contributed by atoms with Crippen LogP contribution in [-0.4, -0.2) is 40.3 Å². The summed E-state index contributed by atoms with van der Waals surface area (Å²) in [7, 11) is 0. The molecule has 0 aliphatic carbocycles. The van der Waals surface area contributed by atoms with Crippen molar-refractivity contribution in [1.29, 1.82) is 0 Å². The number of carbonyl (C=O) groups excluding carboxylic acids is 3. The number of azo groups is 1. The maximum atomic E-state index is 13.1. The van der Waals surface area contributed by atoms with Crippen LogP contribution in [0.3, 0.4) is 0 Å². The van der Waals surface area contributed by atoms with Gasteiger partial charge in [-0.2, -0.15) is 15.2 Å². The molecule has 2 aliphatic rings. The molecule has 0 fully saturated rings. The van der Waals surface area contributed by atoms with Crippen LogP contribution in [0.4, 0.5) is 5.69 Å². The Labute approximate surface area is 175 Å². The molecular weight excluding hydrogens is 380 g/mol. The van der Waals surface area contributed by atoms with Crippen molar-refractivity contribution in [3.8, 4) is 0 Å². The lowest BCUT2D eigenvalue weighted by atomic mass is 9.99. The maximum absolute atomic E-state index is 13.1. The number of imide groups is 1. The van der Waals surface area contributed by atoms with Crippen LogP contribution in [0.5, 0.6) is 0 Å². The summed E-state index contributed by atoms with van der Waals surface area (Å²) >= 11 is 0. The smallest absolute Gasteiger partial charge is 0.273 e. The lowest BCUT2D eigenvalue weighted by molar-refractivity contribution is -0.142. The number of amides is 3. The summed E-state index contributed by atoms with van der Waals surface area (Å²) in [6.45, 7) is 4.19. The summed E-state index contributed by atoms with van der Waals surface area (Å²) in [5.41, 5.74) is 2.65. The van der Waals surface area contributed by atoms with E-state index < -0.39 is 11.8 Å². The Hall–Kier alpha value is -3.35. The fraction of sp³-hybridized carbons (Fsp3) is 0.348. The predicted molar refractivity (Wildman–Crippen MR) is 111 cm³/mol. The lowest BCUT2D eigenvalue weighted by Gasteiger charge is -2.31. The van der Waals surface area contributed by atoms with Gasteiger partial charge in [-0.25, -0.2) is 5.01 Å². The van der Waals surface area contributed by atoms with Crippen LogP contribution >= 0.6 is 0 Å². The van der Waals surface area contributed by atoms with Crippen molar-refractivity contribution in [2.75, 3.05) is 6.54 Å². The number of hydrogen-bond donors (Lipinski definition) is 0. The van der Waals surface area contributed by atoms with Gasteiger partial charge in [0.25, 0.3) is 11.8 Å². The molecule has 2 heterocycles. The molecule has 154 valence electrons. The van der Waals surface area contributed by atoms with E-state index in [2.05, 4.69) is 10.2 Å². The number of fused-ring (bicyclic) bond motifs is 2. The molecule has 0 aromatic heterocycles. The van der Waals surface area contributed by atoms with Crippen LogP contribution < -0.4 is 0 Å². The second-order valence-electron chi connectivity index (χ2n) is 8.08. The van der Waals surface area contributed by atoms with Gasteiger partial charge in [0.05, 0.1) is 22.9 Å². The molecule has 0 spiro atoms. The van der Waals surface area contributed by atoms with Crippen molar-refractivity contribution in [3.05, 3.63) is 65.2 Å². The Morgan fingerprint density at radius 3 is 2.37 bits per heavy atom. The molecule has 2 aliphatic heterocycles. The minimum atomic E-state index is -0.448. The SMILES string of the molecule is CC(C)CN(C(=O)CCC1Cc2ccccc2N=N1)N1C(=O)c2ccccc2C1=O. The molecular formula is C23H24N4O3. The first kappa shape index (κ1) is 19.9. The minimum absolute atomic E-state index is 0.0908. The van der Waals surface area contributed by atoms with E-state index in [-0.39, 0.29) is 24.3 Å². The van der Waals surface area contributed by atoms with E-state index in [9.17, 15) is 14.4 Å². The van der Waals surface area contributed by atoms with Gasteiger partial charge in [-0.1, -0.05) is 44.2 Å². The van der Waals surface area contributed by atoms with Crippen molar-refractivity contribution in [2.45, 2.75) is 39.2 Å². The van der Waals surface area contributed by atoms with Gasteiger partial charge in [0.2, 0.25) is 5.91 Å². The Balaban J connectivity index is 1.48. The van der Waals surface area contributed by atoms with E-state index in [1.807, 2.05) is 38.1 Å². The topological polar surface area (TPSA) is 82.4 Å². The Bertz CT molecular complexity index is 996. The number of hydrogen-bond acceptors (Lipinski definition) is 5. The molecule has 0 saturated carbocycles. The molecule has 2 aromatic carbocycles. The summed E-state index contributed by atoms with van der Waals surface area (Å²) in [5, 5.41) is 10.9. The van der Waals surface area contributed by atoms with Crippen LogP contribution in [0.25, 0.3) is 0 Å². The summed E-state index contributed by atoms with van der Waals surface area (Å²) in [6, 6.07) is 14.4. The Morgan fingerprint density at radius 1 is 1.07 bits per heavy atom. The van der Waals surface area contributed by atoms with Crippen molar-refractivity contribution in [3.63, 3.8) is 0 Å². The van der Waals surface area contributed by atoms with E-state index in [0.29, 0.717) is 24.1 Å². The average molecular weight is 404 g/mol. The molecule has 0 N–H and O–H groups in total. The highest BCUT2D eigenvalue weighted by Gasteiger charge is 2.41. The van der Waals surface area contributed by atoms with E-state index in [4.69, 9.17) is 0 Å². The van der Waals surface area contributed by atoms with Gasteiger partial charge in [0.1, 0.15) is 0 Å². The third-order valence-electron chi connectivity index (χ3n) is 5.31. The molecule has 7 nitrogen and oxygen atoms in total. The Kier molecular flexibility index (Phi) is 5.44. The predicted octanol–water partition coefficient (Wildman–Crippen LogP) is 4.17. The van der Waals surface area contributed by atoms with E-state index in [1.165, 1.54) is 5.01 Å². The van der Waals surface area contributed by atoms with Crippen LogP contribution in [0, 0.1) is 5.92 Å². The summed E-state index contributed by atoms with van der Waals surface area (Å²) in [5.74, 6) is -1.06. The molecule has 7 heteroatoms. The van der Waals surface area contributed by atoms with Gasteiger partial charge in [-0.3, -0.25) is 14.4 Å². The Morgan fingerprint density at radius 2 is 1.70 bits per heavy atom. The number of carbonyl (C=O) groups is 3. The number of hydrazine groups is 1. The third kappa shape index (κ3) is 3.75. The number of nitrogens with zero attached hydrogens (tertiary/aromatic N) is 4. The summed E-state index contributed by atoms with van der Waals surface area (Å²) in [4.78, 5) is 38.8. The maximum Gasteiger partial charge on any atom is 0.280 e. The quantitative estimate of drug-likeness (QED) is 0.678. The first-order valence-electron chi connectivity index (χ1n) is 10.2. The molecule has 1 unspecified atom stereocenters. The van der Waals surface area contributed by atoms with E-state index in [1.54, 1.807) is 24.3 Å². The van der Waals surface area contributed by atoms with Crippen molar-refractivity contribution >= 4 is 23.4 Å². The second-order valence-corrected chi connectivity index (χ2v) is 8.08. The highest BCUT2D eigenvalue weighted by molar-refractivity contribution is 6.21. The molecule has 1 atom stereocenters. The zero-order valence-corrected chi connectivity index (χ0v) is 17.1. The summed E-state index contributed by atoms with van der Waals surface area (Å²) in [6.07, 6.45) is 1.42. The van der Waals surface area contributed by atoms with Gasteiger partial charge in [-0.05, 0) is 42.5 Å². The van der Waals surface area contributed by atoms with Crippen LogP contribution in [0.2, 0.25) is 0 Å². The first-order chi connectivity index (χ1) is 14.5. The fourth-order valence-electron chi connectivity index (χ4n) is 3.84. The lowest BCUT2D eigenvalue weighted by Crippen LogP contribution is -2.51. The number of benzene rings is 2. The van der Waals surface area contributed by atoms with E-state index >= 15 is 0 Å². The monoisotopic (exact) mass is 404 g/mol. The van der Waals surface area contributed by atoms with E-state index in [0.717, 1.165) is 22.7 Å². The molecule has 0 saturated heterocycles. The van der Waals surface area contributed by atoms with Gasteiger partial charge >= 0.3 is 0 Å². The highest BCUT2D eigenvalue weighted by atomic mass is 16.2. The standard InChI is InChI=1S/C23H24N4O3/c1-15(2)14-26(27-22(29)18-8-4-5-9-19(18)23(27)30)21(28)12-11-17-13-16-7-3-6-10-20(16)25-24-17/h3-10,15,17H,11-14H2,1-2H3. The van der Waals surface area contributed by atoms with Crippen molar-refractivity contribution in [2.24, 2.45) is 16.1 Å². The van der Waals surface area contributed by atoms with Gasteiger partial charge in [-0.15, -0.1) is 0 Å². The third-order valence-corrected chi connectivity index (χ3v) is 5.31. The first-order valence-corrected chi connectivity index (χ1v) is 10.2. The molecule has 2 aromatic rings. The normalized spacial score (nSPS) is 17.3. The summed E-state index contributed by atoms with van der Waals surface area (Å²) < 4.78 is 0. The minimum Gasteiger partial charge on any atom is -0.273 e. The zero-order chi connectivity index (χ0) is 21.3. The van der Waals surface area contributed by atoms with Crippen LogP contribution in [-0.2, 0) is 11.2 Å². The van der Waals surface area contributed by atoms with Crippen molar-refractivity contribution in [1.82, 2.24) is 10.0 Å². The number of rotatable bonds is 6. The largest absolute Gasteiger partial charge is 0.280 e. The van der Waals surface area contributed by atoms with Gasteiger partial charge in [0.15, 0.2) is 0 Å². The zero-order valence-electron chi connectivity index (χ0n) is 17.1. The van der Waals surface area contributed by atoms with Crippen LogP contribution in [0.1, 0.15) is 53.0 Å². The molecule has 4 rings (SSSR count). The molecule has 3 amide bonds. The molecule has 0 bridgehead atoms. The molecule has 0 radical (unpaired) electrons. The van der Waals surface area contributed by atoms with Gasteiger partial charge in [0, 0.05) is 13.0 Å². The van der Waals surface area contributed by atoms with Gasteiger partial charge < -0.3 is 0 Å². The fourth-order valence-corrected chi connectivity index (χ4v) is 3.84. The second kappa shape index (κ2) is 8.18.